The lowest BCUT2D eigenvalue weighted by atomic mass is 10.1. The fourth-order valence-electron chi connectivity index (χ4n) is 2.37. The third kappa shape index (κ3) is 3.57. The summed E-state index contributed by atoms with van der Waals surface area (Å²) in [6, 6.07) is 4.56. The molecule has 0 saturated carbocycles. The van der Waals surface area contributed by atoms with Gasteiger partial charge in [0, 0.05) is 16.2 Å². The Hall–Kier alpha value is -1.52. The third-order valence-electron chi connectivity index (χ3n) is 3.42. The molecule has 112 valence electrons. The Morgan fingerprint density at radius 2 is 2.24 bits per heavy atom. The molecule has 1 saturated heterocycles. The minimum atomic E-state index is -3.09. The maximum atomic E-state index is 12.6. The van der Waals surface area contributed by atoms with Crippen LogP contribution in [0.3, 0.4) is 0 Å². The molecule has 21 heavy (non-hydrogen) atoms. The number of amides is 1. The normalized spacial score (nSPS) is 19.9. The third-order valence-corrected chi connectivity index (χ3v) is 5.66. The summed E-state index contributed by atoms with van der Waals surface area (Å²) < 4.78 is 24.0. The number of sulfone groups is 1. The highest BCUT2D eigenvalue weighted by molar-refractivity contribution is 9.10. The van der Waals surface area contributed by atoms with Gasteiger partial charge in [0.25, 0.3) is 5.91 Å². The molecule has 0 radical (unpaired) electrons. The molecule has 1 aliphatic heterocycles. The van der Waals surface area contributed by atoms with Gasteiger partial charge in [-0.25, -0.2) is 8.42 Å². The van der Waals surface area contributed by atoms with Gasteiger partial charge >= 0.3 is 0 Å². The topological polar surface area (TPSA) is 80.5 Å². The number of halogens is 1. The second-order valence-electron chi connectivity index (χ2n) is 4.93. The van der Waals surface area contributed by atoms with E-state index in [1.165, 1.54) is 4.90 Å². The van der Waals surface area contributed by atoms with Gasteiger partial charge in [0.2, 0.25) is 0 Å². The minimum absolute atomic E-state index is 0.0448. The van der Waals surface area contributed by atoms with Crippen LogP contribution in [0, 0.1) is 12.3 Å². The van der Waals surface area contributed by atoms with Crippen LogP contribution in [0.1, 0.15) is 16.8 Å². The number of nitrogen functional groups attached to an aromatic ring is 1. The first-order valence-electron chi connectivity index (χ1n) is 6.34. The molecule has 1 fully saturated rings. The van der Waals surface area contributed by atoms with Crippen molar-refractivity contribution in [3.63, 3.8) is 0 Å². The summed E-state index contributed by atoms with van der Waals surface area (Å²) in [5, 5.41) is 0. The smallest absolute Gasteiger partial charge is 0.257 e. The van der Waals surface area contributed by atoms with E-state index in [4.69, 9.17) is 12.2 Å². The summed E-state index contributed by atoms with van der Waals surface area (Å²) in [7, 11) is -3.09. The number of hydrogen-bond donors (Lipinski definition) is 1. The lowest BCUT2D eigenvalue weighted by Crippen LogP contribution is -2.41. The Labute approximate surface area is 132 Å². The highest BCUT2D eigenvalue weighted by Gasteiger charge is 2.35. The van der Waals surface area contributed by atoms with E-state index in [9.17, 15) is 13.2 Å². The van der Waals surface area contributed by atoms with E-state index in [-0.39, 0.29) is 30.0 Å². The summed E-state index contributed by atoms with van der Waals surface area (Å²) in [4.78, 5) is 14.0. The van der Waals surface area contributed by atoms with Gasteiger partial charge in [-0.1, -0.05) is 21.9 Å². The van der Waals surface area contributed by atoms with Gasteiger partial charge in [-0.15, -0.1) is 6.42 Å². The highest BCUT2D eigenvalue weighted by Crippen LogP contribution is 2.24. The molecule has 1 unspecified atom stereocenters. The van der Waals surface area contributed by atoms with E-state index in [0.717, 1.165) is 4.47 Å². The molecular weight excluding hydrogens is 356 g/mol. The summed E-state index contributed by atoms with van der Waals surface area (Å²) >= 11 is 3.28. The first kappa shape index (κ1) is 15.9. The van der Waals surface area contributed by atoms with Crippen LogP contribution in [-0.4, -0.2) is 43.3 Å². The van der Waals surface area contributed by atoms with Crippen LogP contribution in [-0.2, 0) is 9.84 Å². The Kier molecular flexibility index (Phi) is 4.59. The van der Waals surface area contributed by atoms with Crippen LogP contribution in [0.2, 0.25) is 0 Å². The maximum Gasteiger partial charge on any atom is 0.257 e. The Morgan fingerprint density at radius 3 is 2.76 bits per heavy atom. The van der Waals surface area contributed by atoms with E-state index in [0.29, 0.717) is 17.7 Å². The number of nitrogens with two attached hydrogens (primary N) is 1. The minimum Gasteiger partial charge on any atom is -0.398 e. The van der Waals surface area contributed by atoms with Gasteiger partial charge in [-0.3, -0.25) is 4.79 Å². The number of nitrogens with zero attached hydrogens (tertiary/aromatic N) is 1. The van der Waals surface area contributed by atoms with E-state index < -0.39 is 9.84 Å². The zero-order valence-corrected chi connectivity index (χ0v) is 13.7. The molecule has 1 aliphatic rings. The van der Waals surface area contributed by atoms with E-state index in [1.807, 2.05) is 0 Å². The molecule has 7 heteroatoms. The zero-order chi connectivity index (χ0) is 15.6. The van der Waals surface area contributed by atoms with E-state index in [1.54, 1.807) is 18.2 Å². The van der Waals surface area contributed by atoms with Crippen molar-refractivity contribution in [2.75, 3.05) is 23.8 Å². The van der Waals surface area contributed by atoms with Crippen molar-refractivity contribution in [1.82, 2.24) is 4.90 Å². The molecule has 5 nitrogen and oxygen atoms in total. The summed E-state index contributed by atoms with van der Waals surface area (Å²) in [6.07, 6.45) is 5.72. The van der Waals surface area contributed by atoms with Gasteiger partial charge in [0.05, 0.1) is 23.6 Å². The van der Waals surface area contributed by atoms with Gasteiger partial charge < -0.3 is 10.6 Å². The average molecular weight is 371 g/mol. The number of terminal acetylenes is 1. The lowest BCUT2D eigenvalue weighted by molar-refractivity contribution is 0.0725. The van der Waals surface area contributed by atoms with Crippen LogP contribution in [0.25, 0.3) is 0 Å². The Bertz CT molecular complexity index is 709. The molecule has 0 spiro atoms. The molecule has 0 bridgehead atoms. The number of benzene rings is 1. The fraction of sp³-hybridized carbons (Fsp3) is 0.357. The van der Waals surface area contributed by atoms with Crippen molar-refractivity contribution >= 4 is 37.4 Å². The SMILES string of the molecule is C#CCN(C(=O)c1ccc(Br)cc1N)C1CCS(=O)(=O)C1. The maximum absolute atomic E-state index is 12.6. The van der Waals surface area contributed by atoms with Crippen molar-refractivity contribution in [2.45, 2.75) is 12.5 Å². The van der Waals surface area contributed by atoms with Crippen LogP contribution in [0.15, 0.2) is 22.7 Å². The van der Waals surface area contributed by atoms with Gasteiger partial charge in [0.15, 0.2) is 9.84 Å². The highest BCUT2D eigenvalue weighted by atomic mass is 79.9. The fourth-order valence-corrected chi connectivity index (χ4v) is 4.48. The second kappa shape index (κ2) is 6.08. The van der Waals surface area contributed by atoms with Gasteiger partial charge in [-0.2, -0.15) is 0 Å². The molecule has 1 amide bonds. The Morgan fingerprint density at radius 1 is 1.52 bits per heavy atom. The number of carbonyl (C=O) groups excluding carboxylic acids is 1. The van der Waals surface area contributed by atoms with E-state index in [2.05, 4.69) is 21.9 Å². The summed E-state index contributed by atoms with van der Waals surface area (Å²) in [6.45, 7) is 0.0640. The number of carbonyl (C=O) groups is 1. The van der Waals surface area contributed by atoms with Crippen LogP contribution in [0.5, 0.6) is 0 Å². The van der Waals surface area contributed by atoms with Crippen molar-refractivity contribution in [2.24, 2.45) is 0 Å². The zero-order valence-electron chi connectivity index (χ0n) is 11.3. The predicted molar refractivity (Wildman–Crippen MR) is 85.5 cm³/mol. The number of rotatable bonds is 3. The molecule has 2 N–H and O–H groups in total. The predicted octanol–water partition coefficient (Wildman–Crippen LogP) is 1.29. The number of hydrogen-bond acceptors (Lipinski definition) is 4. The first-order valence-corrected chi connectivity index (χ1v) is 8.95. The quantitative estimate of drug-likeness (QED) is 0.642. The molecule has 1 aromatic carbocycles. The summed E-state index contributed by atoms with van der Waals surface area (Å²) in [5.41, 5.74) is 6.52. The standard InChI is InChI=1S/C14H15BrN2O3S/c1-2-6-17(11-5-7-21(19,20)9-11)14(18)12-4-3-10(15)8-13(12)16/h1,3-4,8,11H,5-7,9,16H2. The van der Waals surface area contributed by atoms with Crippen LogP contribution < -0.4 is 5.73 Å². The molecule has 1 aromatic rings. The summed E-state index contributed by atoms with van der Waals surface area (Å²) in [5.74, 6) is 2.12. The van der Waals surface area contributed by atoms with Gasteiger partial charge in [-0.05, 0) is 24.6 Å². The first-order chi connectivity index (χ1) is 9.84. The van der Waals surface area contributed by atoms with Gasteiger partial charge in [0.1, 0.15) is 0 Å². The van der Waals surface area contributed by atoms with Crippen molar-refractivity contribution < 1.29 is 13.2 Å². The van der Waals surface area contributed by atoms with E-state index >= 15 is 0 Å². The van der Waals surface area contributed by atoms with Crippen molar-refractivity contribution in [3.8, 4) is 12.3 Å². The largest absolute Gasteiger partial charge is 0.398 e. The Balaban J connectivity index is 2.30. The molecular formula is C14H15BrN2O3S. The number of anilines is 1. The van der Waals surface area contributed by atoms with Crippen molar-refractivity contribution in [3.05, 3.63) is 28.2 Å². The van der Waals surface area contributed by atoms with Crippen LogP contribution >= 0.6 is 15.9 Å². The molecule has 1 heterocycles. The molecule has 0 aromatic heterocycles. The van der Waals surface area contributed by atoms with Crippen molar-refractivity contribution in [1.29, 1.82) is 0 Å². The lowest BCUT2D eigenvalue weighted by Gasteiger charge is -2.26. The monoisotopic (exact) mass is 370 g/mol. The molecule has 1 atom stereocenters. The second-order valence-corrected chi connectivity index (χ2v) is 8.07. The average Bonchev–Trinajstić information content (AvgIpc) is 2.75. The van der Waals surface area contributed by atoms with Crippen LogP contribution in [0.4, 0.5) is 5.69 Å². The molecule has 2 rings (SSSR count). The molecule has 0 aliphatic carbocycles.